The van der Waals surface area contributed by atoms with Crippen LogP contribution in [0.4, 0.5) is 18.9 Å². The number of alkyl halides is 3. The van der Waals surface area contributed by atoms with Crippen molar-refractivity contribution in [2.75, 3.05) is 5.32 Å². The van der Waals surface area contributed by atoms with Gasteiger partial charge in [0.1, 0.15) is 0 Å². The summed E-state index contributed by atoms with van der Waals surface area (Å²) < 4.78 is 41.1. The molecule has 4 nitrogen and oxygen atoms in total. The number of hydrogen-bond donors (Lipinski definition) is 2. The van der Waals surface area contributed by atoms with Crippen molar-refractivity contribution < 1.29 is 13.2 Å². The van der Waals surface area contributed by atoms with E-state index in [0.29, 0.717) is 10.8 Å². The lowest BCUT2D eigenvalue weighted by Crippen LogP contribution is -2.45. The molecular weight excluding hydrogens is 421 g/mol. The normalized spacial score (nSPS) is 22.1. The van der Waals surface area contributed by atoms with Crippen LogP contribution in [0.5, 0.6) is 0 Å². The van der Waals surface area contributed by atoms with Crippen molar-refractivity contribution in [1.82, 2.24) is 14.9 Å². The predicted molar refractivity (Wildman–Crippen MR) is 118 cm³/mol. The molecular formula is C23H21F3N4S. The highest BCUT2D eigenvalue weighted by Gasteiger charge is 2.45. The van der Waals surface area contributed by atoms with Crippen molar-refractivity contribution in [3.8, 4) is 11.3 Å². The van der Waals surface area contributed by atoms with Crippen LogP contribution < -0.4 is 10.6 Å². The van der Waals surface area contributed by atoms with Gasteiger partial charge in [-0.3, -0.25) is 0 Å². The summed E-state index contributed by atoms with van der Waals surface area (Å²) in [6.07, 6.45) is 3.14. The van der Waals surface area contributed by atoms with Gasteiger partial charge in [0.05, 0.1) is 29.3 Å². The van der Waals surface area contributed by atoms with E-state index >= 15 is 0 Å². The van der Waals surface area contributed by atoms with Crippen LogP contribution >= 0.6 is 12.2 Å². The summed E-state index contributed by atoms with van der Waals surface area (Å²) in [6, 6.07) is 13.7. The molecule has 1 aromatic heterocycles. The van der Waals surface area contributed by atoms with Crippen LogP contribution in [-0.2, 0) is 11.7 Å². The molecule has 0 unspecified atom stereocenters. The number of benzene rings is 2. The lowest BCUT2D eigenvalue weighted by molar-refractivity contribution is -0.137. The largest absolute Gasteiger partial charge is 0.416 e. The molecule has 0 bridgehead atoms. The summed E-state index contributed by atoms with van der Waals surface area (Å²) in [5, 5.41) is 6.53. The van der Waals surface area contributed by atoms with E-state index in [4.69, 9.17) is 12.2 Å². The van der Waals surface area contributed by atoms with Gasteiger partial charge in [-0.2, -0.15) is 13.2 Å². The fourth-order valence-corrected chi connectivity index (χ4v) is 5.24. The summed E-state index contributed by atoms with van der Waals surface area (Å²) in [6.45, 7) is 0. The quantitative estimate of drug-likeness (QED) is 0.511. The van der Waals surface area contributed by atoms with Gasteiger partial charge in [0.15, 0.2) is 5.11 Å². The van der Waals surface area contributed by atoms with E-state index in [1.165, 1.54) is 17.2 Å². The number of nitrogens with zero attached hydrogens (tertiary/aromatic N) is 2. The number of thiocarbonyl (C=S) groups is 1. The highest BCUT2D eigenvalue weighted by molar-refractivity contribution is 7.80. The Hall–Kier alpha value is -2.87. The van der Waals surface area contributed by atoms with Crippen molar-refractivity contribution >= 4 is 23.0 Å². The van der Waals surface area contributed by atoms with Gasteiger partial charge in [0.2, 0.25) is 0 Å². The first-order valence-corrected chi connectivity index (χ1v) is 10.7. The molecule has 160 valence electrons. The Morgan fingerprint density at radius 3 is 2.65 bits per heavy atom. The zero-order valence-corrected chi connectivity index (χ0v) is 17.4. The molecule has 0 radical (unpaired) electrons. The van der Waals surface area contributed by atoms with Crippen LogP contribution in [-0.4, -0.2) is 20.7 Å². The van der Waals surface area contributed by atoms with Gasteiger partial charge in [-0.1, -0.05) is 30.3 Å². The molecule has 5 rings (SSSR count). The van der Waals surface area contributed by atoms with E-state index in [2.05, 4.69) is 44.5 Å². The molecule has 1 aliphatic carbocycles. The fraction of sp³-hybridized carbons (Fsp3) is 0.304. The number of rotatable bonds is 2. The summed E-state index contributed by atoms with van der Waals surface area (Å²) in [5.74, 6) is 0. The Balaban J connectivity index is 1.26. The highest BCUT2D eigenvalue weighted by atomic mass is 32.1. The van der Waals surface area contributed by atoms with Crippen LogP contribution in [0.1, 0.15) is 36.8 Å². The van der Waals surface area contributed by atoms with Gasteiger partial charge in [-0.15, -0.1) is 0 Å². The van der Waals surface area contributed by atoms with Crippen LogP contribution in [0.15, 0.2) is 61.1 Å². The first-order valence-electron chi connectivity index (χ1n) is 10.2. The molecule has 2 aliphatic rings. The van der Waals surface area contributed by atoms with Crippen molar-refractivity contribution in [2.24, 2.45) is 0 Å². The first-order chi connectivity index (χ1) is 14.9. The van der Waals surface area contributed by atoms with Gasteiger partial charge in [-0.25, -0.2) is 4.98 Å². The second-order valence-electron chi connectivity index (χ2n) is 8.18. The van der Waals surface area contributed by atoms with E-state index in [1.54, 1.807) is 6.07 Å². The van der Waals surface area contributed by atoms with Gasteiger partial charge in [0, 0.05) is 17.3 Å². The van der Waals surface area contributed by atoms with Gasteiger partial charge < -0.3 is 15.2 Å². The third-order valence-electron chi connectivity index (χ3n) is 6.40. The highest BCUT2D eigenvalue weighted by Crippen LogP contribution is 2.50. The summed E-state index contributed by atoms with van der Waals surface area (Å²) in [4.78, 5) is 4.37. The number of anilines is 1. The van der Waals surface area contributed by atoms with Crippen LogP contribution in [0.3, 0.4) is 0 Å². The zero-order chi connectivity index (χ0) is 21.6. The Labute approximate surface area is 183 Å². The first kappa shape index (κ1) is 20.1. The maximum atomic E-state index is 12.9. The Morgan fingerprint density at radius 1 is 1.10 bits per heavy atom. The van der Waals surface area contributed by atoms with Gasteiger partial charge in [-0.05, 0) is 61.7 Å². The fourth-order valence-electron chi connectivity index (χ4n) is 4.95. The smallest absolute Gasteiger partial charge is 0.360 e. The van der Waals surface area contributed by atoms with Crippen molar-refractivity contribution in [1.29, 1.82) is 0 Å². The molecule has 2 aromatic carbocycles. The SMILES string of the molecule is FC(F)(F)c1cccc(NC(=S)NC2CCC3(CC2)c2ccccc2-c2cncn23)c1. The number of nitrogens with one attached hydrogen (secondary N) is 2. The molecule has 1 spiro atoms. The van der Waals surface area contributed by atoms with E-state index < -0.39 is 11.7 Å². The molecule has 0 atom stereocenters. The van der Waals surface area contributed by atoms with Gasteiger partial charge >= 0.3 is 6.18 Å². The number of hydrogen-bond acceptors (Lipinski definition) is 2. The lowest BCUT2D eigenvalue weighted by Gasteiger charge is -2.40. The molecule has 3 aromatic rings. The van der Waals surface area contributed by atoms with E-state index in [0.717, 1.165) is 43.5 Å². The number of aromatic nitrogens is 2. The van der Waals surface area contributed by atoms with E-state index in [9.17, 15) is 13.2 Å². The molecule has 0 amide bonds. The molecule has 8 heteroatoms. The maximum absolute atomic E-state index is 12.9. The predicted octanol–water partition coefficient (Wildman–Crippen LogP) is 5.56. The van der Waals surface area contributed by atoms with Crippen molar-refractivity contribution in [2.45, 2.75) is 43.4 Å². The lowest BCUT2D eigenvalue weighted by atomic mass is 9.75. The zero-order valence-electron chi connectivity index (χ0n) is 16.6. The molecule has 2 heterocycles. The average Bonchev–Trinajstić information content (AvgIpc) is 3.32. The summed E-state index contributed by atoms with van der Waals surface area (Å²) in [5.41, 5.74) is 3.28. The molecule has 2 N–H and O–H groups in total. The molecule has 0 saturated heterocycles. The molecule has 1 saturated carbocycles. The number of fused-ring (bicyclic) bond motifs is 5. The second-order valence-corrected chi connectivity index (χ2v) is 8.59. The van der Waals surface area contributed by atoms with Gasteiger partial charge in [0.25, 0.3) is 0 Å². The van der Waals surface area contributed by atoms with Crippen molar-refractivity contribution in [3.63, 3.8) is 0 Å². The Bertz CT molecular complexity index is 1130. The third-order valence-corrected chi connectivity index (χ3v) is 6.62. The molecule has 31 heavy (non-hydrogen) atoms. The summed E-state index contributed by atoms with van der Waals surface area (Å²) >= 11 is 5.37. The van der Waals surface area contributed by atoms with Crippen LogP contribution in [0.25, 0.3) is 11.3 Å². The minimum Gasteiger partial charge on any atom is -0.360 e. The Kier molecular flexibility index (Phi) is 4.77. The van der Waals surface area contributed by atoms with Crippen molar-refractivity contribution in [3.05, 3.63) is 72.2 Å². The van der Waals surface area contributed by atoms with Crippen LogP contribution in [0.2, 0.25) is 0 Å². The number of halogens is 3. The Morgan fingerprint density at radius 2 is 1.87 bits per heavy atom. The average molecular weight is 443 g/mol. The minimum absolute atomic E-state index is 0.0866. The standard InChI is InChI=1S/C23H21F3N4S/c24-23(25,26)15-4-3-5-17(12-15)29-21(31)28-16-8-10-22(11-9-16)19-7-2-1-6-18(19)20-13-27-14-30(20)22/h1-7,12-14,16H,8-11H2,(H2,28,29,31). The topological polar surface area (TPSA) is 41.9 Å². The van der Waals surface area contributed by atoms with E-state index in [1.807, 2.05) is 12.5 Å². The molecule has 1 fully saturated rings. The van der Waals surface area contributed by atoms with E-state index in [-0.39, 0.29) is 11.6 Å². The third kappa shape index (κ3) is 3.48. The molecule has 1 aliphatic heterocycles. The summed E-state index contributed by atoms with van der Waals surface area (Å²) in [7, 11) is 0. The minimum atomic E-state index is -4.38. The second kappa shape index (κ2) is 7.37. The van der Waals surface area contributed by atoms with Crippen LogP contribution in [0, 0.1) is 0 Å². The number of imidazole rings is 1. The maximum Gasteiger partial charge on any atom is 0.416 e. The monoisotopic (exact) mass is 442 g/mol.